The van der Waals surface area contributed by atoms with Crippen LogP contribution in [0.1, 0.15) is 26.3 Å². The summed E-state index contributed by atoms with van der Waals surface area (Å²) in [5.74, 6) is -1.45. The first-order valence-electron chi connectivity index (χ1n) is 6.10. The van der Waals surface area contributed by atoms with Gasteiger partial charge in [0.2, 0.25) is 0 Å². The largest absolute Gasteiger partial charge is 1.00 e. The summed E-state index contributed by atoms with van der Waals surface area (Å²) in [6.07, 6.45) is 0. The van der Waals surface area contributed by atoms with Crippen LogP contribution in [0.15, 0.2) is 48.5 Å². The van der Waals surface area contributed by atoms with Crippen LogP contribution in [0.2, 0.25) is 0 Å². The fourth-order valence-corrected chi connectivity index (χ4v) is 1.64. The van der Waals surface area contributed by atoms with E-state index >= 15 is 0 Å². The number of carbonyl (C=O) groups is 2. The van der Waals surface area contributed by atoms with Gasteiger partial charge in [0.15, 0.2) is 0 Å². The molecule has 0 fully saturated rings. The molecule has 0 radical (unpaired) electrons. The normalized spacial score (nSPS) is 8.82. The molecule has 0 aliphatic rings. The van der Waals surface area contributed by atoms with Gasteiger partial charge < -0.3 is 19.7 Å². The molecule has 1 N–H and O–H groups in total. The molecule has 0 unspecified atom stereocenters. The number of carboxylic acids is 2. The van der Waals surface area contributed by atoms with Crippen LogP contribution < -0.4 is 39.4 Å². The van der Waals surface area contributed by atoms with E-state index in [1.165, 1.54) is 19.2 Å². The Bertz CT molecular complexity index is 626. The van der Waals surface area contributed by atoms with Crippen molar-refractivity contribution in [2.24, 2.45) is 0 Å². The molecule has 22 heavy (non-hydrogen) atoms. The van der Waals surface area contributed by atoms with E-state index in [1.807, 2.05) is 0 Å². The second-order valence-corrected chi connectivity index (χ2v) is 4.09. The van der Waals surface area contributed by atoms with Gasteiger partial charge in [0.25, 0.3) is 0 Å². The molecular weight excluding hydrogens is 295 g/mol. The number of hydrogen-bond acceptors (Lipinski definition) is 4. The number of benzene rings is 2. The number of carboxylic acid groups (broad SMARTS) is 2. The Morgan fingerprint density at radius 2 is 1.64 bits per heavy atom. The van der Waals surface area contributed by atoms with Gasteiger partial charge in [-0.3, -0.25) is 0 Å². The third-order valence-corrected chi connectivity index (χ3v) is 2.74. The van der Waals surface area contributed by atoms with Crippen molar-refractivity contribution in [3.63, 3.8) is 0 Å². The Morgan fingerprint density at radius 1 is 1.05 bits per heavy atom. The molecule has 0 aliphatic heterocycles. The Labute approximate surface area is 150 Å². The fourth-order valence-electron chi connectivity index (χ4n) is 1.64. The van der Waals surface area contributed by atoms with E-state index in [-0.39, 0.29) is 40.7 Å². The summed E-state index contributed by atoms with van der Waals surface area (Å²) >= 11 is 0. The minimum Gasteiger partial charge on any atom is -0.545 e. The smallest absolute Gasteiger partial charge is 0.545 e. The van der Waals surface area contributed by atoms with Gasteiger partial charge in [-0.1, -0.05) is 36.4 Å². The van der Waals surface area contributed by atoms with Crippen LogP contribution in [-0.2, 0) is 0 Å². The second kappa shape index (κ2) is 10.00. The molecule has 2 aromatic rings. The number of rotatable bonds is 3. The van der Waals surface area contributed by atoms with Gasteiger partial charge in [0, 0.05) is 5.56 Å². The predicted molar refractivity (Wildman–Crippen MR) is 75.5 cm³/mol. The third kappa shape index (κ3) is 5.89. The van der Waals surface area contributed by atoms with Crippen molar-refractivity contribution in [3.8, 4) is 5.75 Å². The molecule has 0 amide bonds. The molecule has 5 nitrogen and oxygen atoms in total. The van der Waals surface area contributed by atoms with Crippen molar-refractivity contribution in [1.82, 2.24) is 0 Å². The van der Waals surface area contributed by atoms with Crippen molar-refractivity contribution in [2.75, 3.05) is 7.11 Å². The van der Waals surface area contributed by atoms with E-state index in [0.717, 1.165) is 0 Å². The van der Waals surface area contributed by atoms with Crippen LogP contribution in [0, 0.1) is 6.92 Å². The molecule has 2 aromatic carbocycles. The zero-order valence-electron chi connectivity index (χ0n) is 12.7. The van der Waals surface area contributed by atoms with Gasteiger partial charge >= 0.3 is 35.5 Å². The van der Waals surface area contributed by atoms with Gasteiger partial charge in [-0.25, -0.2) is 4.79 Å². The maximum atomic E-state index is 10.6. The Kier molecular flexibility index (Phi) is 9.17. The topological polar surface area (TPSA) is 86.7 Å². The van der Waals surface area contributed by atoms with Gasteiger partial charge in [-0.05, 0) is 24.6 Å². The molecular formula is C16H15NaO5. The molecule has 2 rings (SSSR count). The molecule has 0 bridgehead atoms. The second-order valence-electron chi connectivity index (χ2n) is 4.09. The molecule has 0 spiro atoms. The summed E-state index contributed by atoms with van der Waals surface area (Å²) in [6, 6.07) is 13.0. The summed E-state index contributed by atoms with van der Waals surface area (Å²) in [4.78, 5) is 20.7. The van der Waals surface area contributed by atoms with Crippen LogP contribution in [0.5, 0.6) is 5.75 Å². The molecule has 0 atom stereocenters. The quantitative estimate of drug-likeness (QED) is 0.716. The summed E-state index contributed by atoms with van der Waals surface area (Å²) in [5, 5.41) is 18.8. The monoisotopic (exact) mass is 310 g/mol. The van der Waals surface area contributed by atoms with Crippen molar-refractivity contribution in [3.05, 3.63) is 65.2 Å². The maximum absolute atomic E-state index is 10.6. The molecule has 6 heteroatoms. The fraction of sp³-hybridized carbons (Fsp3) is 0.125. The molecule has 110 valence electrons. The first-order valence-corrected chi connectivity index (χ1v) is 6.10. The number of hydrogen-bond donors (Lipinski definition) is 1. The molecule has 0 aliphatic carbocycles. The number of carbonyl (C=O) groups excluding carboxylic acids is 1. The number of methoxy groups -OCH3 is 1. The van der Waals surface area contributed by atoms with Gasteiger partial charge in [0.05, 0.1) is 18.6 Å². The van der Waals surface area contributed by atoms with E-state index in [4.69, 9.17) is 9.84 Å². The minimum atomic E-state index is -1.13. The minimum absolute atomic E-state index is 0. The van der Waals surface area contributed by atoms with Crippen LogP contribution in [-0.4, -0.2) is 24.2 Å². The molecule has 0 saturated heterocycles. The first-order chi connectivity index (χ1) is 9.97. The number of aromatic carboxylic acids is 2. The first kappa shape index (κ1) is 20.2. The van der Waals surface area contributed by atoms with Crippen molar-refractivity contribution < 1.29 is 54.1 Å². The summed E-state index contributed by atoms with van der Waals surface area (Å²) in [5.41, 5.74) is 1.17. The molecule has 0 heterocycles. The van der Waals surface area contributed by atoms with Crippen LogP contribution in [0.25, 0.3) is 0 Å². The zero-order valence-corrected chi connectivity index (χ0v) is 14.7. The van der Waals surface area contributed by atoms with Gasteiger partial charge in [-0.2, -0.15) is 0 Å². The molecule has 0 aromatic heterocycles. The van der Waals surface area contributed by atoms with Crippen LogP contribution in [0.3, 0.4) is 0 Å². The Balaban J connectivity index is 0.000000397. The van der Waals surface area contributed by atoms with Crippen LogP contribution in [0.4, 0.5) is 0 Å². The maximum Gasteiger partial charge on any atom is 1.00 e. The van der Waals surface area contributed by atoms with Crippen LogP contribution >= 0.6 is 0 Å². The Morgan fingerprint density at radius 3 is 2.05 bits per heavy atom. The number of ether oxygens (including phenoxy) is 1. The average Bonchev–Trinajstić information content (AvgIpc) is 2.48. The van der Waals surface area contributed by atoms with E-state index in [2.05, 4.69) is 0 Å². The van der Waals surface area contributed by atoms with Crippen molar-refractivity contribution >= 4 is 11.9 Å². The summed E-state index contributed by atoms with van der Waals surface area (Å²) in [6.45, 7) is 1.72. The van der Waals surface area contributed by atoms with Gasteiger partial charge in [-0.15, -0.1) is 0 Å². The average molecular weight is 310 g/mol. The van der Waals surface area contributed by atoms with E-state index < -0.39 is 11.9 Å². The van der Waals surface area contributed by atoms with Gasteiger partial charge in [0.1, 0.15) is 5.75 Å². The van der Waals surface area contributed by atoms with E-state index in [1.54, 1.807) is 43.3 Å². The summed E-state index contributed by atoms with van der Waals surface area (Å²) in [7, 11) is 1.52. The zero-order chi connectivity index (χ0) is 15.8. The predicted octanol–water partition coefficient (Wildman–Crippen LogP) is -1.24. The van der Waals surface area contributed by atoms with E-state index in [0.29, 0.717) is 11.3 Å². The SMILES string of the molecule is COc1cccc(C(=O)O)c1C.O=C([O-])c1ccccc1.[Na+]. The summed E-state index contributed by atoms with van der Waals surface area (Å²) < 4.78 is 4.97. The molecule has 0 saturated carbocycles. The van der Waals surface area contributed by atoms with E-state index in [9.17, 15) is 14.7 Å². The Hall–Kier alpha value is -1.82. The standard InChI is InChI=1S/C9H10O3.C7H6O2.Na/c1-6-7(9(10)11)4-3-5-8(6)12-2;8-7(9)6-4-2-1-3-5-6;/h3-5H,1-2H3,(H,10,11);1-5H,(H,8,9);/q;;+1/p-1. The third-order valence-electron chi connectivity index (χ3n) is 2.74. The van der Waals surface area contributed by atoms with Crippen molar-refractivity contribution in [1.29, 1.82) is 0 Å². The van der Waals surface area contributed by atoms with Crippen molar-refractivity contribution in [2.45, 2.75) is 6.92 Å².